The molecule has 0 fully saturated rings. The zero-order valence-corrected chi connectivity index (χ0v) is 17.7. The third kappa shape index (κ3) is 3.48. The molecule has 154 valence electrons. The van der Waals surface area contributed by atoms with Crippen LogP contribution in [0.25, 0.3) is 0 Å². The zero-order chi connectivity index (χ0) is 21.4. The number of primary amides is 1. The Balaban J connectivity index is 1.83. The van der Waals surface area contributed by atoms with E-state index in [0.29, 0.717) is 51.5 Å². The van der Waals surface area contributed by atoms with Crippen molar-refractivity contribution in [2.45, 2.75) is 36.4 Å². The largest absolute Gasteiger partial charge is 0.465 e. The number of Topliss-reactive ketones (excluding diaryl/α,β-unsaturated/α-hetero) is 1. The molecule has 0 radical (unpaired) electrons. The fourth-order valence-corrected chi connectivity index (χ4v) is 5.30. The number of aromatic nitrogens is 2. The fraction of sp³-hybridized carbons (Fsp3) is 0.316. The number of carbonyl (C=O) groups excluding carboxylic acids is 2. The highest BCUT2D eigenvalue weighted by atomic mass is 32.2. The lowest BCUT2D eigenvalue weighted by molar-refractivity contribution is -0.116. The first kappa shape index (κ1) is 20.2. The van der Waals surface area contributed by atoms with Gasteiger partial charge in [0.25, 0.3) is 0 Å². The van der Waals surface area contributed by atoms with E-state index in [0.717, 1.165) is 0 Å². The minimum atomic E-state index is -0.639. The number of ketones is 1. The predicted molar refractivity (Wildman–Crippen MR) is 111 cm³/mol. The Kier molecular flexibility index (Phi) is 5.36. The van der Waals surface area contributed by atoms with Gasteiger partial charge < -0.3 is 15.9 Å². The van der Waals surface area contributed by atoms with Crippen molar-refractivity contribution in [3.8, 4) is 6.07 Å². The van der Waals surface area contributed by atoms with Crippen LogP contribution in [0.2, 0.25) is 0 Å². The number of furan rings is 1. The first-order chi connectivity index (χ1) is 14.4. The molecule has 30 heavy (non-hydrogen) atoms. The smallest absolute Gasteiger partial charge is 0.227 e. The number of amides is 1. The van der Waals surface area contributed by atoms with Gasteiger partial charge >= 0.3 is 0 Å². The van der Waals surface area contributed by atoms with E-state index in [1.165, 1.54) is 23.1 Å². The first-order valence-electron chi connectivity index (χ1n) is 9.17. The minimum absolute atomic E-state index is 0.0339. The van der Waals surface area contributed by atoms with E-state index in [2.05, 4.69) is 16.3 Å². The molecular weight excluding hydrogens is 424 g/mol. The number of anilines is 1. The topological polar surface area (TPSA) is 152 Å². The number of nitriles is 1. The van der Waals surface area contributed by atoms with Gasteiger partial charge in [-0.25, -0.2) is 0 Å². The van der Waals surface area contributed by atoms with Crippen LogP contribution in [0.5, 0.6) is 0 Å². The molecule has 4 rings (SSSR count). The maximum absolute atomic E-state index is 13.0. The van der Waals surface area contributed by atoms with Crippen LogP contribution >= 0.6 is 23.1 Å². The molecule has 1 aliphatic carbocycles. The van der Waals surface area contributed by atoms with Crippen LogP contribution in [0.3, 0.4) is 0 Å². The van der Waals surface area contributed by atoms with Gasteiger partial charge in [-0.05, 0) is 31.9 Å². The van der Waals surface area contributed by atoms with Crippen molar-refractivity contribution in [1.82, 2.24) is 10.2 Å². The van der Waals surface area contributed by atoms with Crippen LogP contribution in [0.15, 0.2) is 43.6 Å². The summed E-state index contributed by atoms with van der Waals surface area (Å²) in [4.78, 5) is 25.6. The second kappa shape index (κ2) is 7.97. The van der Waals surface area contributed by atoms with Gasteiger partial charge in [-0.2, -0.15) is 5.26 Å². The summed E-state index contributed by atoms with van der Waals surface area (Å²) in [6.07, 6.45) is 1.69. The van der Waals surface area contributed by atoms with E-state index in [1.807, 2.05) is 6.92 Å². The van der Waals surface area contributed by atoms with E-state index < -0.39 is 11.8 Å². The molecule has 9 nitrogen and oxygen atoms in total. The summed E-state index contributed by atoms with van der Waals surface area (Å²) in [7, 11) is 0. The molecule has 1 aliphatic heterocycles. The van der Waals surface area contributed by atoms with Gasteiger partial charge in [-0.3, -0.25) is 14.5 Å². The summed E-state index contributed by atoms with van der Waals surface area (Å²) in [5, 5.41) is 18.6. The van der Waals surface area contributed by atoms with Gasteiger partial charge in [0.05, 0.1) is 23.3 Å². The van der Waals surface area contributed by atoms with Gasteiger partial charge in [-0.15, -0.1) is 10.2 Å². The molecule has 0 saturated heterocycles. The summed E-state index contributed by atoms with van der Waals surface area (Å²) in [5.74, 6) is 0.356. The van der Waals surface area contributed by atoms with Crippen molar-refractivity contribution in [2.24, 2.45) is 11.5 Å². The second-order valence-corrected chi connectivity index (χ2v) is 9.05. The van der Waals surface area contributed by atoms with Crippen LogP contribution in [0.1, 0.15) is 36.7 Å². The number of aryl methyl sites for hydroxylation is 1. The molecule has 1 atom stereocenters. The quantitative estimate of drug-likeness (QED) is 0.664. The molecule has 0 saturated carbocycles. The maximum Gasteiger partial charge on any atom is 0.227 e. The highest BCUT2D eigenvalue weighted by Gasteiger charge is 2.42. The molecule has 0 spiro atoms. The molecule has 2 aliphatic rings. The monoisotopic (exact) mass is 442 g/mol. The maximum atomic E-state index is 13.0. The fourth-order valence-electron chi connectivity index (χ4n) is 3.68. The van der Waals surface area contributed by atoms with Crippen molar-refractivity contribution in [1.29, 1.82) is 5.26 Å². The lowest BCUT2D eigenvalue weighted by Crippen LogP contribution is -2.38. The highest BCUT2D eigenvalue weighted by molar-refractivity contribution is 8.01. The number of hydrogen-bond donors (Lipinski definition) is 2. The Hall–Kier alpha value is -3.10. The molecule has 2 aromatic heterocycles. The Morgan fingerprint density at radius 3 is 2.90 bits per heavy atom. The average Bonchev–Trinajstić information content (AvgIpc) is 3.34. The van der Waals surface area contributed by atoms with Crippen molar-refractivity contribution < 1.29 is 14.0 Å². The standard InChI is InChI=1S/C19H18N6O3S2/c1-9-5-6-13(28-9)15-10(7-20)17(22)25(11-3-2-4-12(26)16(11)15)18-23-24-19(30-18)29-8-14(21)27/h5-6,15H,2-4,8,22H2,1H3,(H2,21,27). The summed E-state index contributed by atoms with van der Waals surface area (Å²) in [6.45, 7) is 1.81. The highest BCUT2D eigenvalue weighted by Crippen LogP contribution is 2.47. The summed E-state index contributed by atoms with van der Waals surface area (Å²) in [5.41, 5.74) is 13.1. The molecule has 0 bridgehead atoms. The normalized spacial score (nSPS) is 19.1. The minimum Gasteiger partial charge on any atom is -0.465 e. The number of thioether (sulfide) groups is 1. The Bertz CT molecular complexity index is 1140. The van der Waals surface area contributed by atoms with E-state index >= 15 is 0 Å². The molecule has 0 aromatic carbocycles. The zero-order valence-electron chi connectivity index (χ0n) is 16.0. The lowest BCUT2D eigenvalue weighted by Gasteiger charge is -2.37. The molecule has 1 amide bonds. The number of nitrogens with zero attached hydrogens (tertiary/aromatic N) is 4. The lowest BCUT2D eigenvalue weighted by atomic mass is 9.78. The van der Waals surface area contributed by atoms with Gasteiger partial charge in [0, 0.05) is 17.7 Å². The third-order valence-corrected chi connectivity index (χ3v) is 6.95. The van der Waals surface area contributed by atoms with E-state index in [-0.39, 0.29) is 22.9 Å². The summed E-state index contributed by atoms with van der Waals surface area (Å²) >= 11 is 2.40. The predicted octanol–water partition coefficient (Wildman–Crippen LogP) is 2.32. The van der Waals surface area contributed by atoms with Gasteiger partial charge in [0.15, 0.2) is 10.1 Å². The Labute approximate surface area is 180 Å². The Morgan fingerprint density at radius 1 is 1.43 bits per heavy atom. The third-order valence-electron chi connectivity index (χ3n) is 4.88. The van der Waals surface area contributed by atoms with Crippen molar-refractivity contribution in [3.63, 3.8) is 0 Å². The first-order valence-corrected chi connectivity index (χ1v) is 11.0. The second-order valence-electron chi connectivity index (χ2n) is 6.87. The number of nitrogens with two attached hydrogens (primary N) is 2. The SMILES string of the molecule is Cc1ccc(C2C(C#N)=C(N)N(c3nnc(SCC(N)=O)s3)C3=C2C(=O)CCC3)o1. The average molecular weight is 443 g/mol. The molecular formula is C19H18N6O3S2. The van der Waals surface area contributed by atoms with E-state index in [9.17, 15) is 14.9 Å². The summed E-state index contributed by atoms with van der Waals surface area (Å²) < 4.78 is 6.33. The number of carbonyl (C=O) groups is 2. The van der Waals surface area contributed by atoms with Crippen LogP contribution in [-0.2, 0) is 9.59 Å². The molecule has 4 N–H and O–H groups in total. The molecule has 1 unspecified atom stereocenters. The van der Waals surface area contributed by atoms with Crippen molar-refractivity contribution >= 4 is 39.9 Å². The van der Waals surface area contributed by atoms with Crippen LogP contribution < -0.4 is 16.4 Å². The van der Waals surface area contributed by atoms with Gasteiger partial charge in [0.1, 0.15) is 17.3 Å². The summed E-state index contributed by atoms with van der Waals surface area (Å²) in [6, 6.07) is 5.74. The number of allylic oxidation sites excluding steroid dienone is 3. The molecule has 3 heterocycles. The van der Waals surface area contributed by atoms with Crippen LogP contribution in [0.4, 0.5) is 5.13 Å². The van der Waals surface area contributed by atoms with E-state index in [1.54, 1.807) is 17.0 Å². The van der Waals surface area contributed by atoms with Crippen molar-refractivity contribution in [3.05, 3.63) is 46.3 Å². The van der Waals surface area contributed by atoms with Gasteiger partial charge in [-0.1, -0.05) is 23.1 Å². The van der Waals surface area contributed by atoms with Crippen LogP contribution in [-0.4, -0.2) is 27.6 Å². The number of hydrogen-bond acceptors (Lipinski definition) is 10. The molecule has 11 heteroatoms. The molecule has 2 aromatic rings. The Morgan fingerprint density at radius 2 is 2.23 bits per heavy atom. The van der Waals surface area contributed by atoms with Gasteiger partial charge in [0.2, 0.25) is 11.0 Å². The van der Waals surface area contributed by atoms with E-state index in [4.69, 9.17) is 15.9 Å². The van der Waals surface area contributed by atoms with Crippen LogP contribution in [0, 0.1) is 18.3 Å². The number of rotatable bonds is 5. The van der Waals surface area contributed by atoms with Crippen molar-refractivity contribution in [2.75, 3.05) is 10.7 Å².